The van der Waals surface area contributed by atoms with Crippen molar-refractivity contribution in [2.45, 2.75) is 6.92 Å². The molecule has 0 fully saturated rings. The summed E-state index contributed by atoms with van der Waals surface area (Å²) in [5.74, 6) is 0. The minimum Gasteiger partial charge on any atom is -0.246 e. The van der Waals surface area contributed by atoms with E-state index in [0.29, 0.717) is 0 Å². The Hall–Kier alpha value is -6.26. The van der Waals surface area contributed by atoms with Gasteiger partial charge < -0.3 is 0 Å². The SMILES string of the molecule is C=C/C(=N\c1c(C)ccc2ccc(-c3cccc(-c4ccc5ccc6ccc(-c7ccccc7)nc6c5n4)c3)nc12)c1ccccc1. The van der Waals surface area contributed by atoms with Gasteiger partial charge in [0.2, 0.25) is 0 Å². The number of hydrogen-bond acceptors (Lipinski definition) is 4. The number of fused-ring (bicyclic) bond motifs is 4. The summed E-state index contributed by atoms with van der Waals surface area (Å²) in [4.78, 5) is 20.5. The molecule has 47 heavy (non-hydrogen) atoms. The summed E-state index contributed by atoms with van der Waals surface area (Å²) in [5, 5.41) is 3.16. The summed E-state index contributed by atoms with van der Waals surface area (Å²) < 4.78 is 0. The molecule has 0 saturated heterocycles. The maximum absolute atomic E-state index is 5.18. The molecular formula is C43H30N4. The summed E-state index contributed by atoms with van der Waals surface area (Å²) in [6.07, 6.45) is 1.80. The maximum atomic E-state index is 5.18. The molecule has 8 rings (SSSR count). The number of hydrogen-bond donors (Lipinski definition) is 0. The third kappa shape index (κ3) is 5.36. The fraction of sp³-hybridized carbons (Fsp3) is 0.0233. The number of aryl methyl sites for hydroxylation is 1. The summed E-state index contributed by atoms with van der Waals surface area (Å²) in [6.45, 7) is 6.11. The van der Waals surface area contributed by atoms with Crippen molar-refractivity contribution in [3.8, 4) is 33.8 Å². The largest absolute Gasteiger partial charge is 0.246 e. The molecule has 3 aromatic heterocycles. The molecule has 0 saturated carbocycles. The number of rotatable bonds is 6. The van der Waals surface area contributed by atoms with E-state index in [2.05, 4.69) is 111 Å². The highest BCUT2D eigenvalue weighted by Gasteiger charge is 2.12. The summed E-state index contributed by atoms with van der Waals surface area (Å²) in [7, 11) is 0. The first-order valence-corrected chi connectivity index (χ1v) is 15.7. The van der Waals surface area contributed by atoms with Crippen molar-refractivity contribution < 1.29 is 0 Å². The molecule has 0 aliphatic heterocycles. The third-order valence-electron chi connectivity index (χ3n) is 8.58. The van der Waals surface area contributed by atoms with Crippen LogP contribution in [-0.4, -0.2) is 20.7 Å². The predicted molar refractivity (Wildman–Crippen MR) is 196 cm³/mol. The van der Waals surface area contributed by atoms with Gasteiger partial charge in [-0.05, 0) is 42.8 Å². The van der Waals surface area contributed by atoms with Gasteiger partial charge in [0, 0.05) is 38.4 Å². The molecule has 3 heterocycles. The first-order chi connectivity index (χ1) is 23.1. The van der Waals surface area contributed by atoms with Crippen molar-refractivity contribution in [3.63, 3.8) is 0 Å². The van der Waals surface area contributed by atoms with Crippen molar-refractivity contribution >= 4 is 44.1 Å². The summed E-state index contributed by atoms with van der Waals surface area (Å²) in [5.41, 5.74) is 12.2. The Labute approximate surface area is 273 Å². The van der Waals surface area contributed by atoms with E-state index < -0.39 is 0 Å². The zero-order valence-electron chi connectivity index (χ0n) is 25.9. The number of pyridine rings is 3. The van der Waals surface area contributed by atoms with Crippen LogP contribution in [0.2, 0.25) is 0 Å². The molecule has 0 aliphatic rings. The molecule has 0 radical (unpaired) electrons. The van der Waals surface area contributed by atoms with Crippen LogP contribution in [0.5, 0.6) is 0 Å². The Morgan fingerprint density at radius 3 is 1.57 bits per heavy atom. The van der Waals surface area contributed by atoms with Crippen LogP contribution in [0.3, 0.4) is 0 Å². The monoisotopic (exact) mass is 602 g/mol. The fourth-order valence-corrected chi connectivity index (χ4v) is 6.07. The second-order valence-corrected chi connectivity index (χ2v) is 11.6. The second kappa shape index (κ2) is 11.9. The number of benzene rings is 5. The third-order valence-corrected chi connectivity index (χ3v) is 8.58. The Morgan fingerprint density at radius 2 is 0.979 bits per heavy atom. The van der Waals surface area contributed by atoms with Crippen LogP contribution < -0.4 is 0 Å². The van der Waals surface area contributed by atoms with Crippen LogP contribution in [0.25, 0.3) is 66.5 Å². The number of aliphatic imine (C=N–C) groups is 1. The standard InChI is InChI=1S/C43H30N4/c1-3-36(29-11-6-4-7-12-29)44-40-28(2)17-18-31-22-25-38(46-41(31)40)34-15-10-16-35(27-34)39-26-23-33-20-19-32-21-24-37(30-13-8-5-9-14-30)45-42(32)43(33)47-39/h3-27H,1H2,2H3/b44-36+. The molecule has 0 spiro atoms. The van der Waals surface area contributed by atoms with E-state index >= 15 is 0 Å². The number of allylic oxidation sites excluding steroid dienone is 1. The average molecular weight is 603 g/mol. The minimum absolute atomic E-state index is 0.815. The zero-order chi connectivity index (χ0) is 31.7. The van der Waals surface area contributed by atoms with Gasteiger partial charge in [0.05, 0.1) is 45.0 Å². The van der Waals surface area contributed by atoms with E-state index in [1.165, 1.54) is 0 Å². The first-order valence-electron chi connectivity index (χ1n) is 15.7. The highest BCUT2D eigenvalue weighted by atomic mass is 14.8. The van der Waals surface area contributed by atoms with E-state index in [0.717, 1.165) is 89.0 Å². The van der Waals surface area contributed by atoms with Crippen LogP contribution in [0, 0.1) is 6.92 Å². The van der Waals surface area contributed by atoms with Gasteiger partial charge in [-0.1, -0.05) is 128 Å². The molecule has 8 aromatic rings. The van der Waals surface area contributed by atoms with Gasteiger partial charge in [0.25, 0.3) is 0 Å². The number of nitrogens with zero attached hydrogens (tertiary/aromatic N) is 4. The smallest absolute Gasteiger partial charge is 0.0972 e. The minimum atomic E-state index is 0.815. The van der Waals surface area contributed by atoms with Crippen LogP contribution in [0.4, 0.5) is 5.69 Å². The molecule has 222 valence electrons. The molecule has 4 nitrogen and oxygen atoms in total. The molecule has 0 amide bonds. The van der Waals surface area contributed by atoms with Gasteiger partial charge in [-0.25, -0.2) is 19.9 Å². The molecule has 0 atom stereocenters. The normalized spacial score (nSPS) is 11.7. The van der Waals surface area contributed by atoms with E-state index in [4.69, 9.17) is 19.9 Å². The average Bonchev–Trinajstić information content (AvgIpc) is 3.14. The van der Waals surface area contributed by atoms with Gasteiger partial charge in [-0.3, -0.25) is 0 Å². The lowest BCUT2D eigenvalue weighted by atomic mass is 10.0. The molecule has 5 aromatic carbocycles. The predicted octanol–water partition coefficient (Wildman–Crippen LogP) is 10.9. The van der Waals surface area contributed by atoms with Gasteiger partial charge in [0.1, 0.15) is 0 Å². The Kier molecular flexibility index (Phi) is 7.16. The lowest BCUT2D eigenvalue weighted by Gasteiger charge is -2.11. The van der Waals surface area contributed by atoms with Gasteiger partial charge in [0.15, 0.2) is 0 Å². The fourth-order valence-electron chi connectivity index (χ4n) is 6.07. The quantitative estimate of drug-likeness (QED) is 0.141. The van der Waals surface area contributed by atoms with Gasteiger partial charge >= 0.3 is 0 Å². The van der Waals surface area contributed by atoms with Crippen LogP contribution >= 0.6 is 0 Å². The lowest BCUT2D eigenvalue weighted by Crippen LogP contribution is -1.96. The summed E-state index contributed by atoms with van der Waals surface area (Å²) >= 11 is 0. The molecule has 4 heteroatoms. The molecule has 0 bridgehead atoms. The summed E-state index contributed by atoms with van der Waals surface area (Å²) in [6, 6.07) is 49.9. The number of aromatic nitrogens is 3. The van der Waals surface area contributed by atoms with Crippen LogP contribution in [0.15, 0.2) is 163 Å². The van der Waals surface area contributed by atoms with E-state index in [1.54, 1.807) is 6.08 Å². The highest BCUT2D eigenvalue weighted by molar-refractivity contribution is 6.11. The molecular weight excluding hydrogens is 573 g/mol. The molecule has 0 N–H and O–H groups in total. The van der Waals surface area contributed by atoms with Crippen molar-refractivity contribution in [1.29, 1.82) is 0 Å². The first kappa shape index (κ1) is 28.2. The van der Waals surface area contributed by atoms with Crippen molar-refractivity contribution in [3.05, 3.63) is 169 Å². The van der Waals surface area contributed by atoms with Crippen molar-refractivity contribution in [2.75, 3.05) is 0 Å². The van der Waals surface area contributed by atoms with Crippen LogP contribution in [0.1, 0.15) is 11.1 Å². The lowest BCUT2D eigenvalue weighted by molar-refractivity contribution is 1.34. The van der Waals surface area contributed by atoms with Crippen LogP contribution in [-0.2, 0) is 0 Å². The zero-order valence-corrected chi connectivity index (χ0v) is 25.9. The van der Waals surface area contributed by atoms with Gasteiger partial charge in [-0.15, -0.1) is 0 Å². The van der Waals surface area contributed by atoms with Crippen molar-refractivity contribution in [1.82, 2.24) is 15.0 Å². The Balaban J connectivity index is 1.22. The van der Waals surface area contributed by atoms with E-state index in [-0.39, 0.29) is 0 Å². The molecule has 0 aliphatic carbocycles. The second-order valence-electron chi connectivity index (χ2n) is 11.6. The highest BCUT2D eigenvalue weighted by Crippen LogP contribution is 2.34. The maximum Gasteiger partial charge on any atom is 0.0972 e. The Morgan fingerprint density at radius 1 is 0.511 bits per heavy atom. The topological polar surface area (TPSA) is 51.0 Å². The van der Waals surface area contributed by atoms with E-state index in [9.17, 15) is 0 Å². The Bertz CT molecular complexity index is 2480. The van der Waals surface area contributed by atoms with Crippen molar-refractivity contribution in [2.24, 2.45) is 4.99 Å². The molecule has 0 unspecified atom stereocenters. The van der Waals surface area contributed by atoms with E-state index in [1.807, 2.05) is 48.5 Å². The van der Waals surface area contributed by atoms with Gasteiger partial charge in [-0.2, -0.15) is 0 Å².